The first-order chi connectivity index (χ1) is 9.01. The van der Waals surface area contributed by atoms with E-state index in [0.29, 0.717) is 17.2 Å². The molecule has 0 radical (unpaired) electrons. The maximum Gasteiger partial charge on any atom is 0.161 e. The summed E-state index contributed by atoms with van der Waals surface area (Å²) < 4.78 is 0. The molecule has 0 amide bonds. The number of ketones is 1. The lowest BCUT2D eigenvalue weighted by atomic mass is 10.0. The summed E-state index contributed by atoms with van der Waals surface area (Å²) in [6.45, 7) is 3.70. The van der Waals surface area contributed by atoms with E-state index in [4.69, 9.17) is 5.26 Å². The lowest BCUT2D eigenvalue weighted by molar-refractivity contribution is 0.101. The van der Waals surface area contributed by atoms with Crippen molar-refractivity contribution in [1.82, 2.24) is 0 Å². The van der Waals surface area contributed by atoms with Crippen LogP contribution in [0.15, 0.2) is 18.2 Å². The number of nitrogens with zero attached hydrogens (tertiary/aromatic N) is 2. The maximum absolute atomic E-state index is 11.7. The Bertz CT molecular complexity index is 493. The first-order valence-electron chi connectivity index (χ1n) is 6.28. The van der Waals surface area contributed by atoms with Crippen molar-refractivity contribution in [2.75, 3.05) is 24.0 Å². The van der Waals surface area contributed by atoms with Gasteiger partial charge in [0.2, 0.25) is 0 Å². The van der Waals surface area contributed by atoms with E-state index in [2.05, 4.69) is 24.1 Å². The Kier molecular flexibility index (Phi) is 5.91. The molecule has 1 rings (SSSR count). The smallest absolute Gasteiger partial charge is 0.161 e. The molecule has 0 saturated carbocycles. The zero-order valence-corrected chi connectivity index (χ0v) is 12.8. The highest BCUT2D eigenvalue weighted by Crippen LogP contribution is 2.24. The van der Waals surface area contributed by atoms with Gasteiger partial charge in [0.25, 0.3) is 0 Å². The summed E-state index contributed by atoms with van der Waals surface area (Å²) >= 11 is 1.81. The number of rotatable bonds is 6. The molecule has 0 N–H and O–H groups in total. The minimum atomic E-state index is 0.0309. The van der Waals surface area contributed by atoms with Gasteiger partial charge in [-0.15, -0.1) is 0 Å². The predicted molar refractivity (Wildman–Crippen MR) is 82.0 cm³/mol. The fourth-order valence-electron chi connectivity index (χ4n) is 1.91. The van der Waals surface area contributed by atoms with Gasteiger partial charge in [-0.1, -0.05) is 0 Å². The van der Waals surface area contributed by atoms with Gasteiger partial charge in [-0.2, -0.15) is 17.0 Å². The number of nitriles is 1. The number of carbonyl (C=O) groups is 1. The van der Waals surface area contributed by atoms with E-state index in [1.165, 1.54) is 0 Å². The van der Waals surface area contributed by atoms with Crippen molar-refractivity contribution in [2.45, 2.75) is 26.3 Å². The van der Waals surface area contributed by atoms with Gasteiger partial charge in [0.15, 0.2) is 5.78 Å². The lowest BCUT2D eigenvalue weighted by Gasteiger charge is -2.28. The van der Waals surface area contributed by atoms with Crippen LogP contribution in [0.5, 0.6) is 0 Å². The van der Waals surface area contributed by atoms with Crippen molar-refractivity contribution in [1.29, 1.82) is 5.26 Å². The van der Waals surface area contributed by atoms with Gasteiger partial charge >= 0.3 is 0 Å². The van der Waals surface area contributed by atoms with E-state index in [-0.39, 0.29) is 5.78 Å². The molecule has 0 spiro atoms. The molecule has 1 aromatic rings. The molecular formula is C15H20N2OS. The SMILES string of the molecule is CSCCC(C)N(C)c1cc(C#N)ccc1C(C)=O. The number of hydrogen-bond donors (Lipinski definition) is 0. The van der Waals surface area contributed by atoms with Gasteiger partial charge in [-0.05, 0) is 50.5 Å². The molecule has 4 heteroatoms. The molecular weight excluding hydrogens is 256 g/mol. The summed E-state index contributed by atoms with van der Waals surface area (Å²) in [7, 11) is 1.98. The van der Waals surface area contributed by atoms with Crippen LogP contribution >= 0.6 is 11.8 Å². The minimum absolute atomic E-state index is 0.0309. The zero-order chi connectivity index (χ0) is 14.4. The van der Waals surface area contributed by atoms with Crippen LogP contribution in [-0.4, -0.2) is 30.9 Å². The average molecular weight is 276 g/mol. The second-order valence-corrected chi connectivity index (χ2v) is 5.63. The Morgan fingerprint density at radius 3 is 2.74 bits per heavy atom. The third-order valence-electron chi connectivity index (χ3n) is 3.29. The first kappa shape index (κ1) is 15.6. The predicted octanol–water partition coefficient (Wildman–Crippen LogP) is 3.34. The lowest BCUT2D eigenvalue weighted by Crippen LogP contribution is -2.30. The molecule has 0 saturated heterocycles. The topological polar surface area (TPSA) is 44.1 Å². The number of anilines is 1. The highest BCUT2D eigenvalue weighted by Gasteiger charge is 2.16. The van der Waals surface area contributed by atoms with E-state index in [1.54, 1.807) is 25.1 Å². The highest BCUT2D eigenvalue weighted by atomic mass is 32.2. The number of carbonyl (C=O) groups excluding carboxylic acids is 1. The molecule has 19 heavy (non-hydrogen) atoms. The summed E-state index contributed by atoms with van der Waals surface area (Å²) in [5.41, 5.74) is 2.11. The second-order valence-electron chi connectivity index (χ2n) is 4.64. The number of thioether (sulfide) groups is 1. The fourth-order valence-corrected chi connectivity index (χ4v) is 2.49. The molecule has 0 fully saturated rings. The summed E-state index contributed by atoms with van der Waals surface area (Å²) in [4.78, 5) is 13.8. The zero-order valence-electron chi connectivity index (χ0n) is 11.9. The fraction of sp³-hybridized carbons (Fsp3) is 0.467. The average Bonchev–Trinajstić information content (AvgIpc) is 2.42. The van der Waals surface area contributed by atoms with Crippen molar-refractivity contribution in [3.8, 4) is 6.07 Å². The quantitative estimate of drug-likeness (QED) is 0.747. The molecule has 0 aliphatic heterocycles. The number of hydrogen-bond acceptors (Lipinski definition) is 4. The van der Waals surface area contributed by atoms with Crippen LogP contribution in [0.3, 0.4) is 0 Å². The highest BCUT2D eigenvalue weighted by molar-refractivity contribution is 7.98. The van der Waals surface area contributed by atoms with Crippen LogP contribution in [0, 0.1) is 11.3 Å². The van der Waals surface area contributed by atoms with E-state index in [0.717, 1.165) is 17.9 Å². The Morgan fingerprint density at radius 1 is 1.53 bits per heavy atom. The van der Waals surface area contributed by atoms with Crippen molar-refractivity contribution < 1.29 is 4.79 Å². The van der Waals surface area contributed by atoms with Gasteiger partial charge < -0.3 is 4.90 Å². The Balaban J connectivity index is 3.08. The Morgan fingerprint density at radius 2 is 2.21 bits per heavy atom. The molecule has 1 unspecified atom stereocenters. The number of Topliss-reactive ketones (excluding diaryl/α,β-unsaturated/α-hetero) is 1. The molecule has 0 bridgehead atoms. The molecule has 1 aromatic carbocycles. The van der Waals surface area contributed by atoms with Gasteiger partial charge in [0.1, 0.15) is 0 Å². The third-order valence-corrected chi connectivity index (χ3v) is 3.93. The van der Waals surface area contributed by atoms with Crippen LogP contribution in [0.4, 0.5) is 5.69 Å². The first-order valence-corrected chi connectivity index (χ1v) is 7.67. The Labute approximate surface area is 119 Å². The summed E-state index contributed by atoms with van der Waals surface area (Å²) in [6.07, 6.45) is 3.13. The number of benzene rings is 1. The van der Waals surface area contributed by atoms with Crippen LogP contribution in [0.2, 0.25) is 0 Å². The molecule has 0 heterocycles. The van der Waals surface area contributed by atoms with Crippen LogP contribution < -0.4 is 4.90 Å². The summed E-state index contributed by atoms with van der Waals surface area (Å²) in [6, 6.07) is 7.70. The molecule has 0 aliphatic carbocycles. The van der Waals surface area contributed by atoms with E-state index in [1.807, 2.05) is 18.8 Å². The summed E-state index contributed by atoms with van der Waals surface area (Å²) in [5.74, 6) is 1.11. The van der Waals surface area contributed by atoms with Crippen LogP contribution in [-0.2, 0) is 0 Å². The van der Waals surface area contributed by atoms with E-state index in [9.17, 15) is 4.79 Å². The van der Waals surface area contributed by atoms with Crippen molar-refractivity contribution in [2.24, 2.45) is 0 Å². The molecule has 0 aliphatic rings. The Hall–Kier alpha value is -1.47. The maximum atomic E-state index is 11.7. The molecule has 3 nitrogen and oxygen atoms in total. The normalized spacial score (nSPS) is 11.7. The molecule has 102 valence electrons. The van der Waals surface area contributed by atoms with Crippen LogP contribution in [0.1, 0.15) is 36.2 Å². The second kappa shape index (κ2) is 7.20. The molecule has 0 aromatic heterocycles. The standard InChI is InChI=1S/C15H20N2OS/c1-11(7-8-19-4)17(3)15-9-13(10-16)5-6-14(15)12(2)18/h5-6,9,11H,7-8H2,1-4H3. The minimum Gasteiger partial charge on any atom is -0.371 e. The van der Waals surface area contributed by atoms with Crippen molar-refractivity contribution in [3.05, 3.63) is 29.3 Å². The molecule has 1 atom stereocenters. The van der Waals surface area contributed by atoms with E-state index >= 15 is 0 Å². The van der Waals surface area contributed by atoms with Gasteiger partial charge in [-0.3, -0.25) is 4.79 Å². The van der Waals surface area contributed by atoms with Crippen molar-refractivity contribution >= 4 is 23.2 Å². The largest absolute Gasteiger partial charge is 0.371 e. The van der Waals surface area contributed by atoms with Crippen LogP contribution in [0.25, 0.3) is 0 Å². The van der Waals surface area contributed by atoms with Gasteiger partial charge in [0, 0.05) is 24.3 Å². The van der Waals surface area contributed by atoms with Crippen molar-refractivity contribution in [3.63, 3.8) is 0 Å². The monoisotopic (exact) mass is 276 g/mol. The van der Waals surface area contributed by atoms with Gasteiger partial charge in [-0.25, -0.2) is 0 Å². The third kappa shape index (κ3) is 4.00. The van der Waals surface area contributed by atoms with Gasteiger partial charge in [0.05, 0.1) is 11.6 Å². The summed E-state index contributed by atoms with van der Waals surface area (Å²) in [5, 5.41) is 9.00. The van der Waals surface area contributed by atoms with E-state index < -0.39 is 0 Å².